The Hall–Kier alpha value is -3.09. The van der Waals surface area contributed by atoms with Gasteiger partial charge in [0.05, 0.1) is 23.2 Å². The van der Waals surface area contributed by atoms with Crippen LogP contribution in [-0.2, 0) is 14.1 Å². The van der Waals surface area contributed by atoms with E-state index in [9.17, 15) is 19.3 Å². The van der Waals surface area contributed by atoms with E-state index in [-0.39, 0.29) is 42.1 Å². The Labute approximate surface area is 208 Å². The van der Waals surface area contributed by atoms with Crippen molar-refractivity contribution in [3.05, 3.63) is 40.8 Å². The largest absolute Gasteiger partial charge is 0.351 e. The van der Waals surface area contributed by atoms with Crippen molar-refractivity contribution in [3.63, 3.8) is 0 Å². The average Bonchev–Trinajstić information content (AvgIpc) is 3.30. The van der Waals surface area contributed by atoms with Gasteiger partial charge in [0, 0.05) is 38.9 Å². The molecule has 0 radical (unpaired) electrons. The van der Waals surface area contributed by atoms with E-state index in [2.05, 4.69) is 21.2 Å². The highest BCUT2D eigenvalue weighted by atomic mass is 35.5. The molecule has 0 aromatic carbocycles. The number of nitrogens with zero attached hydrogens (tertiary/aromatic N) is 5. The van der Waals surface area contributed by atoms with E-state index in [1.165, 1.54) is 10.6 Å². The van der Waals surface area contributed by atoms with Crippen molar-refractivity contribution in [2.75, 3.05) is 50.2 Å². The molecule has 34 heavy (non-hydrogen) atoms. The minimum absolute atomic E-state index is 0. The smallest absolute Gasteiger partial charge is 0.344 e. The minimum Gasteiger partial charge on any atom is -0.351 e. The monoisotopic (exact) mass is 516 g/mol. The normalized spacial score (nSPS) is 10.4. The number of aromatic nitrogens is 2. The molecule has 0 spiro atoms. The van der Waals surface area contributed by atoms with Crippen LogP contribution in [0.4, 0.5) is 16.2 Å². The van der Waals surface area contributed by atoms with Crippen LogP contribution in [0, 0.1) is 4.91 Å². The standard InChI is InChI=1S/C20H29ClN8O4.ClH/c1-26(2)9-5-8-22-18(30)16-12-14(13-28(16)4)23-19(31)17-15(6-10-27(17)3)24-20(32)29(25-33)11-7-21;/h6,10,12-13H,5,7-9,11H2,1-4H3,(H,22,30)(H,23,31)(H,24,32);1H. The van der Waals surface area contributed by atoms with Crippen molar-refractivity contribution in [2.24, 2.45) is 19.4 Å². The summed E-state index contributed by atoms with van der Waals surface area (Å²) >= 11 is 5.56. The number of amides is 4. The third-order valence-electron chi connectivity index (χ3n) is 4.72. The lowest BCUT2D eigenvalue weighted by molar-refractivity contribution is 0.0943. The van der Waals surface area contributed by atoms with Gasteiger partial charge in [0.2, 0.25) is 0 Å². The van der Waals surface area contributed by atoms with Gasteiger partial charge in [-0.1, -0.05) is 0 Å². The van der Waals surface area contributed by atoms with E-state index in [1.54, 1.807) is 37.1 Å². The summed E-state index contributed by atoms with van der Waals surface area (Å²) in [6.45, 7) is 1.32. The molecule has 2 aromatic heterocycles. The summed E-state index contributed by atoms with van der Waals surface area (Å²) in [6.07, 6.45) is 4.02. The van der Waals surface area contributed by atoms with Crippen molar-refractivity contribution >= 4 is 53.2 Å². The number of hydrogen-bond acceptors (Lipinski definition) is 6. The van der Waals surface area contributed by atoms with Crippen LogP contribution in [0.5, 0.6) is 0 Å². The maximum absolute atomic E-state index is 12.9. The predicted molar refractivity (Wildman–Crippen MR) is 134 cm³/mol. The van der Waals surface area contributed by atoms with Crippen molar-refractivity contribution in [1.82, 2.24) is 24.4 Å². The molecule has 0 saturated heterocycles. The van der Waals surface area contributed by atoms with Gasteiger partial charge in [0.15, 0.2) is 0 Å². The molecule has 0 aliphatic rings. The Morgan fingerprint density at radius 2 is 1.79 bits per heavy atom. The van der Waals surface area contributed by atoms with Gasteiger partial charge in [-0.3, -0.25) is 9.59 Å². The third-order valence-corrected chi connectivity index (χ3v) is 4.89. The Balaban J connectivity index is 0.00000578. The Kier molecular flexibility index (Phi) is 11.6. The lowest BCUT2D eigenvalue weighted by Gasteiger charge is -2.14. The molecule has 2 aromatic rings. The number of halogens is 2. The van der Waals surface area contributed by atoms with Gasteiger partial charge in [-0.15, -0.1) is 28.9 Å². The van der Waals surface area contributed by atoms with E-state index in [0.29, 0.717) is 22.9 Å². The molecule has 0 saturated carbocycles. The van der Waals surface area contributed by atoms with Crippen LogP contribution in [-0.4, -0.2) is 76.5 Å². The Morgan fingerprint density at radius 3 is 2.41 bits per heavy atom. The fraction of sp³-hybridized carbons (Fsp3) is 0.450. The lowest BCUT2D eigenvalue weighted by Crippen LogP contribution is -2.32. The summed E-state index contributed by atoms with van der Waals surface area (Å²) in [5, 5.41) is 11.3. The molecule has 2 heterocycles. The SMILES string of the molecule is CN(C)CCCNC(=O)c1cc(NC(=O)c2c(NC(=O)N(CCCl)N=O)ccn2C)cn1C.Cl. The molecule has 188 valence electrons. The molecule has 0 aliphatic carbocycles. The molecular formula is C20H30Cl2N8O4. The highest BCUT2D eigenvalue weighted by Crippen LogP contribution is 2.20. The average molecular weight is 517 g/mol. The lowest BCUT2D eigenvalue weighted by atomic mass is 10.3. The number of hydrogen-bond donors (Lipinski definition) is 3. The second-order valence-corrected chi connectivity index (χ2v) is 7.98. The quantitative estimate of drug-likeness (QED) is 0.182. The maximum Gasteiger partial charge on any atom is 0.344 e. The first kappa shape index (κ1) is 28.9. The molecule has 14 heteroatoms. The van der Waals surface area contributed by atoms with Crippen molar-refractivity contribution < 1.29 is 14.4 Å². The van der Waals surface area contributed by atoms with Gasteiger partial charge < -0.3 is 30.0 Å². The highest BCUT2D eigenvalue weighted by Gasteiger charge is 2.22. The first-order chi connectivity index (χ1) is 15.7. The van der Waals surface area contributed by atoms with Crippen LogP contribution in [0.1, 0.15) is 27.4 Å². The van der Waals surface area contributed by atoms with E-state index in [1.807, 2.05) is 19.0 Å². The maximum atomic E-state index is 12.9. The van der Waals surface area contributed by atoms with E-state index < -0.39 is 11.9 Å². The van der Waals surface area contributed by atoms with Crippen molar-refractivity contribution in [1.29, 1.82) is 0 Å². The molecule has 0 atom stereocenters. The summed E-state index contributed by atoms with van der Waals surface area (Å²) in [7, 11) is 7.27. The van der Waals surface area contributed by atoms with Gasteiger partial charge in [-0.05, 0) is 39.2 Å². The summed E-state index contributed by atoms with van der Waals surface area (Å²) in [6, 6.07) is 2.28. The molecule has 0 bridgehead atoms. The van der Waals surface area contributed by atoms with Crippen LogP contribution in [0.15, 0.2) is 29.8 Å². The number of alkyl halides is 1. The third kappa shape index (κ3) is 7.75. The molecule has 0 aliphatic heterocycles. The van der Waals surface area contributed by atoms with Gasteiger partial charge >= 0.3 is 6.03 Å². The Bertz CT molecular complexity index is 1000. The van der Waals surface area contributed by atoms with E-state index >= 15 is 0 Å². The highest BCUT2D eigenvalue weighted by molar-refractivity contribution is 6.18. The fourth-order valence-electron chi connectivity index (χ4n) is 3.09. The second kappa shape index (κ2) is 13.6. The van der Waals surface area contributed by atoms with Crippen LogP contribution in [0.3, 0.4) is 0 Å². The topological polar surface area (TPSA) is 133 Å². The van der Waals surface area contributed by atoms with Gasteiger partial charge in [-0.25, -0.2) is 4.79 Å². The molecule has 3 N–H and O–H groups in total. The van der Waals surface area contributed by atoms with Crippen molar-refractivity contribution in [3.8, 4) is 0 Å². The van der Waals surface area contributed by atoms with Crippen LogP contribution in [0.25, 0.3) is 0 Å². The van der Waals surface area contributed by atoms with Crippen LogP contribution >= 0.6 is 24.0 Å². The van der Waals surface area contributed by atoms with Crippen molar-refractivity contribution in [2.45, 2.75) is 6.42 Å². The summed E-state index contributed by atoms with van der Waals surface area (Å²) < 4.78 is 3.14. The number of carbonyl (C=O) groups is 3. The summed E-state index contributed by atoms with van der Waals surface area (Å²) in [5.41, 5.74) is 1.15. The zero-order valence-corrected chi connectivity index (χ0v) is 21.1. The number of anilines is 2. The van der Waals surface area contributed by atoms with Gasteiger partial charge in [-0.2, -0.15) is 5.01 Å². The number of aryl methyl sites for hydroxylation is 2. The number of urea groups is 1. The number of carbonyl (C=O) groups excluding carboxylic acids is 3. The molecule has 0 fully saturated rings. The molecule has 4 amide bonds. The summed E-state index contributed by atoms with van der Waals surface area (Å²) in [4.78, 5) is 50.4. The van der Waals surface area contributed by atoms with E-state index in [4.69, 9.17) is 11.6 Å². The molecule has 0 unspecified atom stereocenters. The first-order valence-electron chi connectivity index (χ1n) is 10.2. The van der Waals surface area contributed by atoms with Gasteiger partial charge in [0.25, 0.3) is 11.8 Å². The van der Waals surface area contributed by atoms with Crippen LogP contribution < -0.4 is 16.0 Å². The van der Waals surface area contributed by atoms with Crippen LogP contribution in [0.2, 0.25) is 0 Å². The van der Waals surface area contributed by atoms with Gasteiger partial charge in [0.1, 0.15) is 11.4 Å². The number of nitrogens with one attached hydrogen (secondary N) is 3. The molecule has 12 nitrogen and oxygen atoms in total. The fourth-order valence-corrected chi connectivity index (χ4v) is 3.25. The number of rotatable bonds is 11. The minimum atomic E-state index is -0.807. The Morgan fingerprint density at radius 1 is 1.09 bits per heavy atom. The zero-order chi connectivity index (χ0) is 24.5. The van der Waals surface area contributed by atoms with E-state index in [0.717, 1.165) is 13.0 Å². The second-order valence-electron chi connectivity index (χ2n) is 7.60. The zero-order valence-electron chi connectivity index (χ0n) is 19.5. The number of nitroso groups, excluding NO2 is 1. The summed E-state index contributed by atoms with van der Waals surface area (Å²) in [5.74, 6) is -0.727. The molecular weight excluding hydrogens is 487 g/mol. The first-order valence-corrected chi connectivity index (χ1v) is 10.7. The molecule has 2 rings (SSSR count). The predicted octanol–water partition coefficient (Wildman–Crippen LogP) is 2.47.